The quantitative estimate of drug-likeness (QED) is 0.553. The summed E-state index contributed by atoms with van der Waals surface area (Å²) in [5.41, 5.74) is 0.606. The molecule has 0 saturated heterocycles. The minimum Gasteiger partial charge on any atom is -0.493 e. The molecule has 5 nitrogen and oxygen atoms in total. The van der Waals surface area contributed by atoms with Gasteiger partial charge in [-0.25, -0.2) is 0 Å². The molecule has 1 aromatic carbocycles. The first-order chi connectivity index (χ1) is 9.63. The Hall–Kier alpha value is -1.59. The van der Waals surface area contributed by atoms with E-state index in [9.17, 15) is 4.79 Å². The Morgan fingerprint density at radius 3 is 2.50 bits per heavy atom. The molecule has 0 radical (unpaired) electrons. The number of rotatable bonds is 9. The van der Waals surface area contributed by atoms with Gasteiger partial charge in [0.1, 0.15) is 0 Å². The second-order valence-electron chi connectivity index (χ2n) is 4.46. The highest BCUT2D eigenvalue weighted by Crippen LogP contribution is 2.27. The number of carbonyl (C=O) groups excluding carboxylic acids is 1. The fourth-order valence-electron chi connectivity index (χ4n) is 1.87. The monoisotopic (exact) mass is 281 g/mol. The molecule has 0 aliphatic rings. The van der Waals surface area contributed by atoms with Crippen molar-refractivity contribution in [3.63, 3.8) is 0 Å². The predicted molar refractivity (Wildman–Crippen MR) is 77.8 cm³/mol. The molecule has 0 heterocycles. The number of hydrogen-bond acceptors (Lipinski definition) is 5. The van der Waals surface area contributed by atoms with Crippen LogP contribution in [-0.2, 0) is 4.74 Å². The van der Waals surface area contributed by atoms with Crippen LogP contribution in [0.25, 0.3) is 0 Å². The molecule has 0 aromatic heterocycles. The van der Waals surface area contributed by atoms with Gasteiger partial charge in [-0.15, -0.1) is 0 Å². The number of ether oxygens (including phenoxy) is 3. The fourth-order valence-corrected chi connectivity index (χ4v) is 1.87. The molecule has 0 aliphatic heterocycles. The first-order valence-electron chi connectivity index (χ1n) is 6.62. The van der Waals surface area contributed by atoms with E-state index < -0.39 is 0 Å². The number of methoxy groups -OCH3 is 3. The normalized spacial score (nSPS) is 12.0. The number of hydrogen-bond donors (Lipinski definition) is 1. The Bertz CT molecular complexity index is 434. The second kappa shape index (κ2) is 8.55. The van der Waals surface area contributed by atoms with Crippen LogP contribution < -0.4 is 14.8 Å². The Morgan fingerprint density at radius 2 is 1.90 bits per heavy atom. The number of ketones is 1. The standard InChI is InChI=1S/C15H23NO4/c1-11(16-8-5-9-18-2)15(17)12-6-7-13(19-3)14(10-12)20-4/h6-7,10-11,16H,5,8-9H2,1-4H3. The van der Waals surface area contributed by atoms with Crippen LogP contribution in [0.4, 0.5) is 0 Å². The fraction of sp³-hybridized carbons (Fsp3) is 0.533. The Balaban J connectivity index is 2.66. The molecule has 0 bridgehead atoms. The van der Waals surface area contributed by atoms with E-state index >= 15 is 0 Å². The molecular weight excluding hydrogens is 258 g/mol. The van der Waals surface area contributed by atoms with Gasteiger partial charge >= 0.3 is 0 Å². The molecule has 5 heteroatoms. The highest BCUT2D eigenvalue weighted by molar-refractivity contribution is 6.00. The molecule has 112 valence electrons. The highest BCUT2D eigenvalue weighted by atomic mass is 16.5. The predicted octanol–water partition coefficient (Wildman–Crippen LogP) is 1.90. The first-order valence-corrected chi connectivity index (χ1v) is 6.62. The topological polar surface area (TPSA) is 56.8 Å². The lowest BCUT2D eigenvalue weighted by Crippen LogP contribution is -2.35. The van der Waals surface area contributed by atoms with E-state index in [1.165, 1.54) is 0 Å². The van der Waals surface area contributed by atoms with Crippen LogP contribution in [0.1, 0.15) is 23.7 Å². The lowest BCUT2D eigenvalue weighted by molar-refractivity contribution is 0.0948. The first kappa shape index (κ1) is 16.5. The molecule has 0 fully saturated rings. The van der Waals surface area contributed by atoms with Gasteiger partial charge in [-0.3, -0.25) is 4.79 Å². The van der Waals surface area contributed by atoms with Gasteiger partial charge in [0.25, 0.3) is 0 Å². The number of carbonyl (C=O) groups is 1. The molecule has 0 aliphatic carbocycles. The smallest absolute Gasteiger partial charge is 0.179 e. The van der Waals surface area contributed by atoms with Crippen molar-refractivity contribution in [3.05, 3.63) is 23.8 Å². The second-order valence-corrected chi connectivity index (χ2v) is 4.46. The minimum absolute atomic E-state index is 0.0309. The molecule has 20 heavy (non-hydrogen) atoms. The Kier molecular flexibility index (Phi) is 7.04. The van der Waals surface area contributed by atoms with Crippen molar-refractivity contribution < 1.29 is 19.0 Å². The summed E-state index contributed by atoms with van der Waals surface area (Å²) in [6.45, 7) is 3.28. The number of Topliss-reactive ketones (excluding diaryl/α,β-unsaturated/α-hetero) is 1. The Morgan fingerprint density at radius 1 is 1.20 bits per heavy atom. The molecule has 1 aromatic rings. The third-order valence-corrected chi connectivity index (χ3v) is 3.04. The van der Waals surface area contributed by atoms with Crippen molar-refractivity contribution in [2.24, 2.45) is 0 Å². The van der Waals surface area contributed by atoms with Gasteiger partial charge in [-0.1, -0.05) is 0 Å². The summed E-state index contributed by atoms with van der Waals surface area (Å²) < 4.78 is 15.3. The third-order valence-electron chi connectivity index (χ3n) is 3.04. The van der Waals surface area contributed by atoms with Crippen LogP contribution in [0.2, 0.25) is 0 Å². The van der Waals surface area contributed by atoms with Crippen LogP contribution in [0, 0.1) is 0 Å². The third kappa shape index (κ3) is 4.51. The molecule has 0 spiro atoms. The van der Waals surface area contributed by atoms with E-state index in [-0.39, 0.29) is 11.8 Å². The van der Waals surface area contributed by atoms with Crippen molar-refractivity contribution in [2.75, 3.05) is 34.5 Å². The van der Waals surface area contributed by atoms with Crippen LogP contribution >= 0.6 is 0 Å². The van der Waals surface area contributed by atoms with E-state index in [2.05, 4.69) is 5.32 Å². The van der Waals surface area contributed by atoms with Gasteiger partial charge in [0.15, 0.2) is 17.3 Å². The molecular formula is C15H23NO4. The van der Waals surface area contributed by atoms with E-state index in [1.54, 1.807) is 39.5 Å². The summed E-state index contributed by atoms with van der Waals surface area (Å²) in [6, 6.07) is 4.94. The van der Waals surface area contributed by atoms with Crippen LogP contribution in [0.5, 0.6) is 11.5 Å². The summed E-state index contributed by atoms with van der Waals surface area (Å²) in [5, 5.41) is 3.18. The van der Waals surface area contributed by atoms with Crippen LogP contribution in [-0.4, -0.2) is 46.3 Å². The highest BCUT2D eigenvalue weighted by Gasteiger charge is 2.16. The summed E-state index contributed by atoms with van der Waals surface area (Å²) in [7, 11) is 4.79. The molecule has 0 saturated carbocycles. The Labute approximate surface area is 120 Å². The lowest BCUT2D eigenvalue weighted by Gasteiger charge is -2.14. The maximum absolute atomic E-state index is 12.3. The zero-order valence-corrected chi connectivity index (χ0v) is 12.6. The lowest BCUT2D eigenvalue weighted by atomic mass is 10.0. The number of benzene rings is 1. The zero-order chi connectivity index (χ0) is 15.0. The van der Waals surface area contributed by atoms with Gasteiger partial charge in [-0.2, -0.15) is 0 Å². The summed E-state index contributed by atoms with van der Waals surface area (Å²) in [4.78, 5) is 12.3. The van der Waals surface area contributed by atoms with Crippen molar-refractivity contribution in [1.82, 2.24) is 5.32 Å². The van der Waals surface area contributed by atoms with Gasteiger partial charge in [0.2, 0.25) is 0 Å². The molecule has 0 amide bonds. The van der Waals surface area contributed by atoms with Gasteiger partial charge in [0.05, 0.1) is 20.3 Å². The minimum atomic E-state index is -0.245. The summed E-state index contributed by atoms with van der Waals surface area (Å²) in [5.74, 6) is 1.21. The van der Waals surface area contributed by atoms with Gasteiger partial charge < -0.3 is 19.5 Å². The van der Waals surface area contributed by atoms with E-state index in [1.807, 2.05) is 6.92 Å². The van der Waals surface area contributed by atoms with Crippen molar-refractivity contribution >= 4 is 5.78 Å². The van der Waals surface area contributed by atoms with Crippen molar-refractivity contribution in [2.45, 2.75) is 19.4 Å². The molecule has 1 atom stereocenters. The zero-order valence-electron chi connectivity index (χ0n) is 12.6. The van der Waals surface area contributed by atoms with Crippen molar-refractivity contribution in [3.8, 4) is 11.5 Å². The molecule has 1 N–H and O–H groups in total. The van der Waals surface area contributed by atoms with Crippen molar-refractivity contribution in [1.29, 1.82) is 0 Å². The maximum Gasteiger partial charge on any atom is 0.179 e. The average molecular weight is 281 g/mol. The largest absolute Gasteiger partial charge is 0.493 e. The molecule has 1 rings (SSSR count). The molecule has 1 unspecified atom stereocenters. The van der Waals surface area contributed by atoms with E-state index in [0.29, 0.717) is 23.7 Å². The SMILES string of the molecule is COCCCNC(C)C(=O)c1ccc(OC)c(OC)c1. The van der Waals surface area contributed by atoms with E-state index in [0.717, 1.165) is 13.0 Å². The van der Waals surface area contributed by atoms with Gasteiger partial charge in [0, 0.05) is 19.3 Å². The van der Waals surface area contributed by atoms with Crippen LogP contribution in [0.15, 0.2) is 18.2 Å². The van der Waals surface area contributed by atoms with E-state index in [4.69, 9.17) is 14.2 Å². The number of nitrogens with one attached hydrogen (secondary N) is 1. The van der Waals surface area contributed by atoms with Gasteiger partial charge in [-0.05, 0) is 38.1 Å². The maximum atomic E-state index is 12.3. The summed E-state index contributed by atoms with van der Waals surface area (Å²) >= 11 is 0. The summed E-state index contributed by atoms with van der Waals surface area (Å²) in [6.07, 6.45) is 0.875. The van der Waals surface area contributed by atoms with Crippen LogP contribution in [0.3, 0.4) is 0 Å². The average Bonchev–Trinajstić information content (AvgIpc) is 2.49.